The first kappa shape index (κ1) is 14.5. The molecule has 0 amide bonds. The summed E-state index contributed by atoms with van der Waals surface area (Å²) >= 11 is 3.64. The van der Waals surface area contributed by atoms with Gasteiger partial charge in [-0.1, -0.05) is 13.0 Å². The first-order chi connectivity index (χ1) is 8.13. The van der Waals surface area contributed by atoms with Crippen LogP contribution in [-0.2, 0) is 13.0 Å². The van der Waals surface area contributed by atoms with Gasteiger partial charge in [-0.25, -0.2) is 0 Å². The zero-order valence-electron chi connectivity index (χ0n) is 11.0. The van der Waals surface area contributed by atoms with Crippen molar-refractivity contribution in [2.24, 2.45) is 0 Å². The van der Waals surface area contributed by atoms with Crippen LogP contribution in [-0.4, -0.2) is 22.4 Å². The summed E-state index contributed by atoms with van der Waals surface area (Å²) < 4.78 is 3.22. The normalized spacial score (nSPS) is 12.7. The predicted molar refractivity (Wildman–Crippen MR) is 76.3 cm³/mol. The largest absolute Gasteiger partial charge is 0.314 e. The Balaban J connectivity index is 2.87. The van der Waals surface area contributed by atoms with E-state index < -0.39 is 0 Å². The molecule has 0 aliphatic heterocycles. The summed E-state index contributed by atoms with van der Waals surface area (Å²) in [5.41, 5.74) is 2.34. The molecule has 1 aromatic rings. The van der Waals surface area contributed by atoms with Crippen LogP contribution in [0.1, 0.15) is 31.7 Å². The van der Waals surface area contributed by atoms with Crippen LogP contribution in [0, 0.1) is 6.92 Å². The lowest BCUT2D eigenvalue weighted by molar-refractivity contribution is 0.501. The monoisotopic (exact) mass is 299 g/mol. The molecule has 1 heterocycles. The van der Waals surface area contributed by atoms with Crippen molar-refractivity contribution < 1.29 is 0 Å². The number of nitrogens with one attached hydrogen (secondary N) is 1. The van der Waals surface area contributed by atoms with Crippen molar-refractivity contribution in [3.63, 3.8) is 0 Å². The Morgan fingerprint density at radius 2 is 2.24 bits per heavy atom. The Bertz CT molecular complexity index is 371. The Morgan fingerprint density at radius 3 is 2.76 bits per heavy atom. The van der Waals surface area contributed by atoms with Crippen molar-refractivity contribution in [3.05, 3.63) is 28.5 Å². The fourth-order valence-corrected chi connectivity index (χ4v) is 2.47. The highest BCUT2D eigenvalue weighted by Gasteiger charge is 2.16. The van der Waals surface area contributed by atoms with Gasteiger partial charge in [0.25, 0.3) is 0 Å². The molecule has 0 radical (unpaired) electrons. The number of likely N-dealkylation sites (N-methyl/N-ethyl adjacent to an activating group) is 1. The molecule has 0 spiro atoms. The van der Waals surface area contributed by atoms with E-state index in [2.05, 4.69) is 51.5 Å². The van der Waals surface area contributed by atoms with Crippen LogP contribution in [0.2, 0.25) is 0 Å². The molecule has 0 saturated heterocycles. The number of hydrogen-bond acceptors (Lipinski definition) is 2. The second-order valence-electron chi connectivity index (χ2n) is 4.14. The third-order valence-electron chi connectivity index (χ3n) is 2.84. The van der Waals surface area contributed by atoms with Gasteiger partial charge in [0.15, 0.2) is 0 Å². The van der Waals surface area contributed by atoms with Crippen LogP contribution in [0.25, 0.3) is 0 Å². The number of nitrogens with zero attached hydrogens (tertiary/aromatic N) is 2. The van der Waals surface area contributed by atoms with Gasteiger partial charge < -0.3 is 5.32 Å². The summed E-state index contributed by atoms with van der Waals surface area (Å²) in [5, 5.41) is 8.00. The lowest BCUT2D eigenvalue weighted by atomic mass is 10.1. The van der Waals surface area contributed by atoms with E-state index >= 15 is 0 Å². The van der Waals surface area contributed by atoms with Crippen molar-refractivity contribution in [2.45, 2.75) is 46.2 Å². The van der Waals surface area contributed by atoms with Gasteiger partial charge in [0.1, 0.15) is 0 Å². The van der Waals surface area contributed by atoms with Crippen molar-refractivity contribution in [2.75, 3.05) is 6.54 Å². The van der Waals surface area contributed by atoms with Crippen LogP contribution in [0.3, 0.4) is 0 Å². The van der Waals surface area contributed by atoms with Crippen LogP contribution >= 0.6 is 15.9 Å². The van der Waals surface area contributed by atoms with Gasteiger partial charge >= 0.3 is 0 Å². The molecule has 17 heavy (non-hydrogen) atoms. The summed E-state index contributed by atoms with van der Waals surface area (Å²) in [7, 11) is 0. The van der Waals surface area contributed by atoms with Crippen molar-refractivity contribution in [1.82, 2.24) is 15.1 Å². The fourth-order valence-electron chi connectivity index (χ4n) is 2.03. The summed E-state index contributed by atoms with van der Waals surface area (Å²) in [5.74, 6) is 0. The molecule has 0 saturated carbocycles. The van der Waals surface area contributed by atoms with Gasteiger partial charge in [-0.05, 0) is 42.7 Å². The number of hydrogen-bond donors (Lipinski definition) is 1. The second-order valence-corrected chi connectivity index (χ2v) is 4.94. The predicted octanol–water partition coefficient (Wildman–Crippen LogP) is 3.07. The summed E-state index contributed by atoms with van der Waals surface area (Å²) in [6.45, 7) is 12.0. The average molecular weight is 300 g/mol. The van der Waals surface area contributed by atoms with Gasteiger partial charge in [-0.3, -0.25) is 4.68 Å². The first-order valence-electron chi connectivity index (χ1n) is 6.20. The SMILES string of the molecule is C=CCC(Cc1c(Br)c(C)nn1CC)NCC. The maximum absolute atomic E-state index is 4.52. The first-order valence-corrected chi connectivity index (χ1v) is 6.99. The molecule has 1 atom stereocenters. The molecule has 1 unspecified atom stereocenters. The van der Waals surface area contributed by atoms with Gasteiger partial charge in [-0.2, -0.15) is 5.10 Å². The van der Waals surface area contributed by atoms with Crippen LogP contribution < -0.4 is 5.32 Å². The number of rotatable bonds is 7. The Labute approximate surface area is 112 Å². The van der Waals surface area contributed by atoms with Gasteiger partial charge in [0.2, 0.25) is 0 Å². The van der Waals surface area contributed by atoms with E-state index in [9.17, 15) is 0 Å². The molecule has 1 rings (SSSR count). The topological polar surface area (TPSA) is 29.9 Å². The highest BCUT2D eigenvalue weighted by molar-refractivity contribution is 9.10. The van der Waals surface area contributed by atoms with Crippen LogP contribution in [0.4, 0.5) is 0 Å². The third-order valence-corrected chi connectivity index (χ3v) is 3.87. The molecule has 0 fully saturated rings. The third kappa shape index (κ3) is 3.68. The molecule has 0 aliphatic carbocycles. The van der Waals surface area contributed by atoms with Gasteiger partial charge in [0, 0.05) is 19.0 Å². The van der Waals surface area contributed by atoms with E-state index in [1.165, 1.54) is 5.69 Å². The van der Waals surface area contributed by atoms with E-state index in [1.54, 1.807) is 0 Å². The summed E-state index contributed by atoms with van der Waals surface area (Å²) in [6.07, 6.45) is 3.93. The average Bonchev–Trinajstić information content (AvgIpc) is 2.57. The Kier molecular flexibility index (Phi) is 5.92. The molecule has 4 heteroatoms. The highest BCUT2D eigenvalue weighted by Crippen LogP contribution is 2.22. The number of aromatic nitrogens is 2. The van der Waals surface area contributed by atoms with E-state index in [0.717, 1.165) is 36.1 Å². The van der Waals surface area contributed by atoms with E-state index in [1.807, 2.05) is 13.0 Å². The molecule has 96 valence electrons. The molecular formula is C13H22BrN3. The maximum Gasteiger partial charge on any atom is 0.0738 e. The molecule has 1 N–H and O–H groups in total. The molecular weight excluding hydrogens is 278 g/mol. The van der Waals surface area contributed by atoms with Crippen LogP contribution in [0.15, 0.2) is 17.1 Å². The molecule has 0 bridgehead atoms. The molecule has 3 nitrogen and oxygen atoms in total. The minimum absolute atomic E-state index is 0.440. The lowest BCUT2D eigenvalue weighted by Crippen LogP contribution is -2.31. The van der Waals surface area contributed by atoms with Gasteiger partial charge in [-0.15, -0.1) is 6.58 Å². The highest BCUT2D eigenvalue weighted by atomic mass is 79.9. The van der Waals surface area contributed by atoms with E-state index in [0.29, 0.717) is 6.04 Å². The van der Waals surface area contributed by atoms with Crippen LogP contribution in [0.5, 0.6) is 0 Å². The Hall–Kier alpha value is -0.610. The van der Waals surface area contributed by atoms with Crippen molar-refractivity contribution in [1.29, 1.82) is 0 Å². The fraction of sp³-hybridized carbons (Fsp3) is 0.615. The number of aryl methyl sites for hydroxylation is 2. The number of halogens is 1. The minimum Gasteiger partial charge on any atom is -0.314 e. The van der Waals surface area contributed by atoms with Crippen molar-refractivity contribution in [3.8, 4) is 0 Å². The summed E-state index contributed by atoms with van der Waals surface area (Å²) in [4.78, 5) is 0. The molecule has 0 aliphatic rings. The van der Waals surface area contributed by atoms with E-state index in [4.69, 9.17) is 0 Å². The second kappa shape index (κ2) is 6.97. The maximum atomic E-state index is 4.52. The van der Waals surface area contributed by atoms with Crippen molar-refractivity contribution >= 4 is 15.9 Å². The summed E-state index contributed by atoms with van der Waals surface area (Å²) in [6, 6.07) is 0.440. The zero-order valence-corrected chi connectivity index (χ0v) is 12.5. The quantitative estimate of drug-likeness (QED) is 0.784. The zero-order chi connectivity index (χ0) is 12.8. The Morgan fingerprint density at radius 1 is 1.53 bits per heavy atom. The minimum atomic E-state index is 0.440. The molecule has 1 aromatic heterocycles. The van der Waals surface area contributed by atoms with E-state index in [-0.39, 0.29) is 0 Å². The lowest BCUT2D eigenvalue weighted by Gasteiger charge is -2.17. The standard InChI is InChI=1S/C13H22BrN3/c1-5-8-11(15-6-2)9-12-13(14)10(4)16-17(12)7-3/h5,11,15H,1,6-9H2,2-4H3. The smallest absolute Gasteiger partial charge is 0.0738 e. The molecule has 0 aromatic carbocycles. The van der Waals surface area contributed by atoms with Gasteiger partial charge in [0.05, 0.1) is 15.9 Å².